The number of nitrogens with one attached hydrogen (secondary N) is 1. The van der Waals surface area contributed by atoms with Crippen molar-refractivity contribution in [2.24, 2.45) is 0 Å². The average Bonchev–Trinajstić information content (AvgIpc) is 4.14. The van der Waals surface area contributed by atoms with Crippen molar-refractivity contribution in [3.63, 3.8) is 0 Å². The van der Waals surface area contributed by atoms with Crippen LogP contribution in [0.2, 0.25) is 0 Å². The first-order chi connectivity index (χ1) is 29.4. The van der Waals surface area contributed by atoms with Crippen molar-refractivity contribution in [3.8, 4) is 17.3 Å². The normalized spacial score (nSPS) is 17.1. The molecule has 16 nitrogen and oxygen atoms in total. The highest BCUT2D eigenvalue weighted by Gasteiger charge is 2.62. The van der Waals surface area contributed by atoms with E-state index in [-0.39, 0.29) is 37.1 Å². The number of amides is 2. The number of halogens is 2. The number of rotatable bonds is 14. The number of carbonyl (C=O) groups is 3. The maximum absolute atomic E-state index is 15.9. The summed E-state index contributed by atoms with van der Waals surface area (Å²) in [4.78, 5) is 50.2. The van der Waals surface area contributed by atoms with Gasteiger partial charge in [0.05, 0.1) is 22.7 Å². The van der Waals surface area contributed by atoms with Crippen molar-refractivity contribution in [2.45, 2.75) is 82.1 Å². The van der Waals surface area contributed by atoms with Crippen LogP contribution >= 0.6 is 11.3 Å². The predicted molar refractivity (Wildman–Crippen MR) is 219 cm³/mol. The summed E-state index contributed by atoms with van der Waals surface area (Å²) < 4.78 is 50.6. The van der Waals surface area contributed by atoms with E-state index in [2.05, 4.69) is 21.5 Å². The molecule has 2 aliphatic rings. The molecule has 1 saturated heterocycles. The summed E-state index contributed by atoms with van der Waals surface area (Å²) in [5.74, 6) is -2.10. The van der Waals surface area contributed by atoms with E-state index >= 15 is 4.39 Å². The Hall–Kier alpha value is -6.36. The van der Waals surface area contributed by atoms with E-state index in [1.807, 2.05) is 5.38 Å². The molecule has 1 unspecified atom stereocenters. The van der Waals surface area contributed by atoms with Crippen LogP contribution in [0, 0.1) is 23.0 Å². The Morgan fingerprint density at radius 2 is 1.82 bits per heavy atom. The number of pyridine rings is 1. The van der Waals surface area contributed by atoms with Gasteiger partial charge < -0.3 is 29.5 Å². The highest BCUT2D eigenvalue weighted by atomic mass is 32.1. The average molecular weight is 871 g/mol. The van der Waals surface area contributed by atoms with E-state index in [0.717, 1.165) is 28.7 Å². The van der Waals surface area contributed by atoms with Gasteiger partial charge in [0, 0.05) is 72.9 Å². The second-order valence-electron chi connectivity index (χ2n) is 16.6. The van der Waals surface area contributed by atoms with Crippen molar-refractivity contribution in [1.82, 2.24) is 30.0 Å². The maximum atomic E-state index is 15.9. The number of hydrogen-bond acceptors (Lipinski definition) is 13. The standard InChI is InChI=1S/C43H46F2N9O7S/c1-40(2,3)60-38(56)51(5)21-35(55)59-22-29-8-7-17-47-36(29)52(6)39(57)61-42(15-16-42)53-25-49-54(26-53)24-43(58,31-18-30(44)13-14-32(31)45)41(4,34-20-48-34)37-50-33(23-62-37)28-11-9-27(19-46)10-12-28/h7-14,17-18,23,25-26,34,48,58H,15-16,20-22,24H2,1-6H3/q+1/t34?,41-,43+/m1/s1. The zero-order valence-electron chi connectivity index (χ0n) is 35.0. The Balaban J connectivity index is 1.10. The van der Waals surface area contributed by atoms with Crippen molar-refractivity contribution in [1.29, 1.82) is 5.26 Å². The molecule has 0 radical (unpaired) electrons. The Bertz CT molecular complexity index is 2530. The molecule has 3 atom stereocenters. The van der Waals surface area contributed by atoms with Gasteiger partial charge in [0.15, 0.2) is 0 Å². The highest BCUT2D eigenvalue weighted by Crippen LogP contribution is 2.50. The quantitative estimate of drug-likeness (QED) is 0.0634. The van der Waals surface area contributed by atoms with Crippen molar-refractivity contribution in [3.05, 3.63) is 112 Å². The molecule has 4 heterocycles. The van der Waals surface area contributed by atoms with E-state index in [0.29, 0.717) is 41.2 Å². The zero-order chi connectivity index (χ0) is 44.6. The summed E-state index contributed by atoms with van der Waals surface area (Å²) in [6.07, 6.45) is 3.82. The smallest absolute Gasteiger partial charge is 0.418 e. The van der Waals surface area contributed by atoms with Crippen molar-refractivity contribution >= 4 is 35.3 Å². The first-order valence-electron chi connectivity index (χ1n) is 19.7. The van der Waals surface area contributed by atoms with Gasteiger partial charge in [-0.3, -0.25) is 9.69 Å². The van der Waals surface area contributed by atoms with Crippen LogP contribution in [-0.2, 0) is 48.9 Å². The SMILES string of the molecule is CN(CC(=O)OCc1cccnc1N(C)C(=O)OC1([n+]2cnn(C[C@](O)(c3cc(F)ccc3F)[C@@](C)(c3nc(-c4ccc(C#N)cc4)cs3)C3CN3)c2)CC1)C(=O)OC(C)(C)C. The number of ether oxygens (including phenoxy) is 3. The minimum Gasteiger partial charge on any atom is -0.459 e. The van der Waals surface area contributed by atoms with Crippen LogP contribution in [0.1, 0.15) is 62.2 Å². The summed E-state index contributed by atoms with van der Waals surface area (Å²) in [5, 5.41) is 32.3. The Kier molecular flexibility index (Phi) is 11.9. The molecule has 2 aromatic carbocycles. The Labute approximate surface area is 360 Å². The lowest BCUT2D eigenvalue weighted by Crippen LogP contribution is -2.55. The van der Waals surface area contributed by atoms with E-state index < -0.39 is 52.1 Å². The fourth-order valence-corrected chi connectivity index (χ4v) is 8.24. The Morgan fingerprint density at radius 3 is 2.48 bits per heavy atom. The monoisotopic (exact) mass is 870 g/mol. The fraction of sp³-hybridized carbons (Fsp3) is 0.395. The van der Waals surface area contributed by atoms with E-state index in [1.165, 1.54) is 53.9 Å². The molecule has 0 spiro atoms. The number of benzene rings is 2. The number of carbonyl (C=O) groups excluding carboxylic acids is 3. The molecule has 3 aromatic heterocycles. The van der Waals surface area contributed by atoms with Crippen LogP contribution in [0.15, 0.2) is 78.8 Å². The summed E-state index contributed by atoms with van der Waals surface area (Å²) in [7, 11) is 2.87. The molecule has 5 aromatic rings. The van der Waals surface area contributed by atoms with E-state index in [9.17, 15) is 29.1 Å². The van der Waals surface area contributed by atoms with Gasteiger partial charge in [-0.15, -0.1) is 16.0 Å². The molecule has 1 aliphatic heterocycles. The number of likely N-dealkylation sites (N-methyl/N-ethyl adjacent to an activating group) is 1. The number of aromatic nitrogens is 5. The summed E-state index contributed by atoms with van der Waals surface area (Å²) in [6.45, 7) is 6.39. The summed E-state index contributed by atoms with van der Waals surface area (Å²) >= 11 is 1.27. The molecular formula is C43H46F2N9O7S+. The predicted octanol–water partition coefficient (Wildman–Crippen LogP) is 5.29. The van der Waals surface area contributed by atoms with Crippen LogP contribution in [0.4, 0.5) is 24.2 Å². The first-order valence-corrected chi connectivity index (χ1v) is 20.6. The Morgan fingerprint density at radius 1 is 1.10 bits per heavy atom. The summed E-state index contributed by atoms with van der Waals surface area (Å²) in [6, 6.07) is 14.8. The topological polar surface area (TPSA) is 199 Å². The minimum atomic E-state index is -2.14. The number of esters is 1. The maximum Gasteiger partial charge on any atom is 0.418 e. The van der Waals surface area contributed by atoms with Gasteiger partial charge in [-0.1, -0.05) is 18.2 Å². The second kappa shape index (κ2) is 16.8. The van der Waals surface area contributed by atoms with Gasteiger partial charge in [-0.05, 0) is 64.1 Å². The highest BCUT2D eigenvalue weighted by molar-refractivity contribution is 7.10. The molecule has 2 fully saturated rings. The number of aliphatic hydroxyl groups is 1. The number of anilines is 1. The molecule has 2 N–H and O–H groups in total. The van der Waals surface area contributed by atoms with Crippen LogP contribution in [0.3, 0.4) is 0 Å². The molecule has 19 heteroatoms. The van der Waals surface area contributed by atoms with Gasteiger partial charge in [-0.2, -0.15) is 9.83 Å². The molecule has 1 saturated carbocycles. The molecule has 324 valence electrons. The number of nitriles is 1. The number of nitrogens with zero attached hydrogens (tertiary/aromatic N) is 8. The third-order valence-corrected chi connectivity index (χ3v) is 12.0. The first kappa shape index (κ1) is 43.7. The van der Waals surface area contributed by atoms with Crippen LogP contribution in [0.25, 0.3) is 11.3 Å². The molecule has 0 bridgehead atoms. The van der Waals surface area contributed by atoms with Crippen LogP contribution in [0.5, 0.6) is 0 Å². The van der Waals surface area contributed by atoms with Gasteiger partial charge >= 0.3 is 18.2 Å². The third kappa shape index (κ3) is 8.98. The third-order valence-electron chi connectivity index (χ3n) is 10.9. The molecule has 7 rings (SSSR count). The number of thiazole rings is 1. The van der Waals surface area contributed by atoms with Gasteiger partial charge in [0.2, 0.25) is 12.1 Å². The van der Waals surface area contributed by atoms with Crippen LogP contribution < -0.4 is 14.8 Å². The molecule has 62 heavy (non-hydrogen) atoms. The summed E-state index contributed by atoms with van der Waals surface area (Å²) in [5.41, 5.74) is -3.46. The van der Waals surface area contributed by atoms with E-state index in [4.69, 9.17) is 19.2 Å². The van der Waals surface area contributed by atoms with Gasteiger partial charge in [0.1, 0.15) is 53.4 Å². The zero-order valence-corrected chi connectivity index (χ0v) is 35.8. The number of hydrogen-bond donors (Lipinski definition) is 2. The minimum absolute atomic E-state index is 0.168. The molecule has 1 aliphatic carbocycles. The molecular weight excluding hydrogens is 825 g/mol. The van der Waals surface area contributed by atoms with Gasteiger partial charge in [-0.25, -0.2) is 28.3 Å². The fourth-order valence-electron chi connectivity index (χ4n) is 7.12. The van der Waals surface area contributed by atoms with Crippen molar-refractivity contribution < 1.29 is 47.0 Å². The second-order valence-corrected chi connectivity index (χ2v) is 17.4. The largest absolute Gasteiger partial charge is 0.459 e. The van der Waals surface area contributed by atoms with Gasteiger partial charge in [0.25, 0.3) is 6.33 Å². The van der Waals surface area contributed by atoms with E-state index in [1.54, 1.807) is 68.7 Å². The molecule has 2 amide bonds. The lowest BCUT2D eigenvalue weighted by atomic mass is 9.67. The lowest BCUT2D eigenvalue weighted by Gasteiger charge is -2.43. The van der Waals surface area contributed by atoms with Crippen LogP contribution in [-0.4, -0.2) is 86.7 Å². The lowest BCUT2D eigenvalue weighted by molar-refractivity contribution is -0.775. The van der Waals surface area contributed by atoms with Crippen molar-refractivity contribution in [2.75, 3.05) is 32.1 Å².